The predicted octanol–water partition coefficient (Wildman–Crippen LogP) is 2.17. The highest BCUT2D eigenvalue weighted by Crippen LogP contribution is 2.28. The summed E-state index contributed by atoms with van der Waals surface area (Å²) in [5.41, 5.74) is 0.909. The van der Waals surface area contributed by atoms with E-state index in [1.807, 2.05) is 27.7 Å². The molecule has 0 spiro atoms. The number of thioether (sulfide) groups is 1. The molecule has 9 heteroatoms. The number of carbonyl (C=O) groups is 2. The first-order chi connectivity index (χ1) is 12.8. The third-order valence-electron chi connectivity index (χ3n) is 4.27. The normalized spacial score (nSPS) is 11.0. The fraction of sp³-hybridized carbons (Fsp3) is 0.556. The Labute approximate surface area is 167 Å². The molecular formula is C18H26N4O3S2. The van der Waals surface area contributed by atoms with E-state index in [9.17, 15) is 14.4 Å². The molecule has 0 bridgehead atoms. The van der Waals surface area contributed by atoms with Crippen molar-refractivity contribution in [1.29, 1.82) is 0 Å². The molecule has 0 saturated heterocycles. The van der Waals surface area contributed by atoms with Crippen LogP contribution in [0, 0.1) is 13.8 Å². The van der Waals surface area contributed by atoms with E-state index in [1.165, 1.54) is 28.0 Å². The molecule has 0 atom stereocenters. The number of hydrogen-bond acceptors (Lipinski definition) is 6. The van der Waals surface area contributed by atoms with Gasteiger partial charge in [0.25, 0.3) is 5.56 Å². The molecule has 0 aliphatic rings. The maximum absolute atomic E-state index is 12.8. The fourth-order valence-corrected chi connectivity index (χ4v) is 4.63. The summed E-state index contributed by atoms with van der Waals surface area (Å²) >= 11 is 2.73. The molecule has 27 heavy (non-hydrogen) atoms. The van der Waals surface area contributed by atoms with Gasteiger partial charge in [-0.3, -0.25) is 19.0 Å². The van der Waals surface area contributed by atoms with Crippen molar-refractivity contribution in [2.24, 2.45) is 0 Å². The van der Waals surface area contributed by atoms with Gasteiger partial charge in [-0.15, -0.1) is 11.3 Å². The Morgan fingerprint density at radius 1 is 1.30 bits per heavy atom. The zero-order chi connectivity index (χ0) is 20.1. The monoisotopic (exact) mass is 410 g/mol. The lowest BCUT2D eigenvalue weighted by molar-refractivity contribution is -0.132. The Balaban J connectivity index is 2.13. The summed E-state index contributed by atoms with van der Waals surface area (Å²) in [7, 11) is 1.60. The number of amides is 2. The van der Waals surface area contributed by atoms with Crippen LogP contribution in [0.25, 0.3) is 10.2 Å². The molecule has 0 aliphatic heterocycles. The minimum atomic E-state index is -0.179. The summed E-state index contributed by atoms with van der Waals surface area (Å²) in [6, 6.07) is 0. The van der Waals surface area contributed by atoms with Crippen LogP contribution in [-0.2, 0) is 16.1 Å². The minimum Gasteiger partial charge on any atom is -0.355 e. The number of fused-ring (bicyclic) bond motifs is 1. The van der Waals surface area contributed by atoms with Crippen molar-refractivity contribution in [2.75, 3.05) is 25.9 Å². The van der Waals surface area contributed by atoms with Gasteiger partial charge in [-0.2, -0.15) is 0 Å². The molecule has 2 aromatic rings. The zero-order valence-corrected chi connectivity index (χ0v) is 18.1. The van der Waals surface area contributed by atoms with E-state index in [1.54, 1.807) is 11.6 Å². The summed E-state index contributed by atoms with van der Waals surface area (Å²) in [5.74, 6) is -0.229. The summed E-state index contributed by atoms with van der Waals surface area (Å²) in [5, 5.41) is 3.95. The summed E-state index contributed by atoms with van der Waals surface area (Å²) in [6.07, 6.45) is 0.851. The molecule has 148 valence electrons. The maximum atomic E-state index is 12.8. The van der Waals surface area contributed by atoms with Gasteiger partial charge in [0.2, 0.25) is 11.8 Å². The number of nitrogens with one attached hydrogen (secondary N) is 1. The molecule has 2 heterocycles. The van der Waals surface area contributed by atoms with E-state index in [4.69, 9.17) is 0 Å². The molecule has 2 aromatic heterocycles. The summed E-state index contributed by atoms with van der Waals surface area (Å²) in [6.45, 7) is 8.89. The standard InChI is InChI=1S/C18H26N4O3S2/c1-6-8-19-13(23)9-21(5)14(24)10-26-18-20-16-15(11(3)12(4)27-16)17(25)22(18)7-2/h6-10H2,1-5H3,(H,19,23). The van der Waals surface area contributed by atoms with Crippen LogP contribution in [-0.4, -0.2) is 52.2 Å². The number of hydrogen-bond donors (Lipinski definition) is 1. The number of aromatic nitrogens is 2. The molecule has 0 aliphatic carbocycles. The number of carbonyl (C=O) groups excluding carboxylic acids is 2. The lowest BCUT2D eigenvalue weighted by Crippen LogP contribution is -2.39. The summed E-state index contributed by atoms with van der Waals surface area (Å²) in [4.78, 5) is 44.7. The largest absolute Gasteiger partial charge is 0.355 e. The van der Waals surface area contributed by atoms with E-state index in [0.717, 1.165) is 16.9 Å². The van der Waals surface area contributed by atoms with Crippen molar-refractivity contribution in [2.45, 2.75) is 45.8 Å². The van der Waals surface area contributed by atoms with Crippen LogP contribution >= 0.6 is 23.1 Å². The highest BCUT2D eigenvalue weighted by Gasteiger charge is 2.18. The Bertz CT molecular complexity index is 904. The van der Waals surface area contributed by atoms with E-state index in [0.29, 0.717) is 28.5 Å². The third kappa shape index (κ3) is 4.90. The van der Waals surface area contributed by atoms with Crippen LogP contribution in [0.2, 0.25) is 0 Å². The van der Waals surface area contributed by atoms with Crippen LogP contribution in [0.1, 0.15) is 30.7 Å². The topological polar surface area (TPSA) is 84.3 Å². The second-order valence-electron chi connectivity index (χ2n) is 6.30. The molecular weight excluding hydrogens is 384 g/mol. The van der Waals surface area contributed by atoms with Crippen molar-refractivity contribution in [3.63, 3.8) is 0 Å². The molecule has 2 rings (SSSR count). The van der Waals surface area contributed by atoms with Gasteiger partial charge in [-0.1, -0.05) is 18.7 Å². The number of nitrogens with zero attached hydrogens (tertiary/aromatic N) is 3. The van der Waals surface area contributed by atoms with Crippen molar-refractivity contribution < 1.29 is 9.59 Å². The first-order valence-electron chi connectivity index (χ1n) is 8.94. The predicted molar refractivity (Wildman–Crippen MR) is 111 cm³/mol. The van der Waals surface area contributed by atoms with Crippen molar-refractivity contribution in [3.8, 4) is 0 Å². The van der Waals surface area contributed by atoms with E-state index >= 15 is 0 Å². The van der Waals surface area contributed by atoms with Crippen LogP contribution in [0.5, 0.6) is 0 Å². The van der Waals surface area contributed by atoms with Gasteiger partial charge >= 0.3 is 0 Å². The second kappa shape index (κ2) is 9.36. The minimum absolute atomic E-state index is 0.0236. The average molecular weight is 411 g/mol. The molecule has 1 N–H and O–H groups in total. The lowest BCUT2D eigenvalue weighted by Gasteiger charge is -2.17. The highest BCUT2D eigenvalue weighted by molar-refractivity contribution is 7.99. The number of rotatable bonds is 8. The summed E-state index contributed by atoms with van der Waals surface area (Å²) < 4.78 is 1.60. The molecule has 2 amide bonds. The van der Waals surface area contributed by atoms with E-state index in [-0.39, 0.29) is 29.7 Å². The molecule has 0 aromatic carbocycles. The first kappa shape index (κ1) is 21.4. The van der Waals surface area contributed by atoms with Crippen LogP contribution in [0.3, 0.4) is 0 Å². The van der Waals surface area contributed by atoms with Crippen LogP contribution in [0.4, 0.5) is 0 Å². The van der Waals surface area contributed by atoms with E-state index < -0.39 is 0 Å². The van der Waals surface area contributed by atoms with Crippen molar-refractivity contribution >= 4 is 45.1 Å². The third-order valence-corrected chi connectivity index (χ3v) is 6.34. The van der Waals surface area contributed by atoms with Gasteiger partial charge in [-0.25, -0.2) is 4.98 Å². The molecule has 7 nitrogen and oxygen atoms in total. The quantitative estimate of drug-likeness (QED) is 0.533. The van der Waals surface area contributed by atoms with Crippen molar-refractivity contribution in [1.82, 2.24) is 19.8 Å². The van der Waals surface area contributed by atoms with Crippen molar-refractivity contribution in [3.05, 3.63) is 20.8 Å². The molecule has 0 fully saturated rings. The Kier molecular flexibility index (Phi) is 7.43. The van der Waals surface area contributed by atoms with E-state index in [2.05, 4.69) is 10.3 Å². The zero-order valence-electron chi connectivity index (χ0n) is 16.4. The smallest absolute Gasteiger partial charge is 0.263 e. The maximum Gasteiger partial charge on any atom is 0.263 e. The van der Waals surface area contributed by atoms with Gasteiger partial charge in [0.05, 0.1) is 17.7 Å². The first-order valence-corrected chi connectivity index (χ1v) is 10.7. The highest BCUT2D eigenvalue weighted by atomic mass is 32.2. The van der Waals surface area contributed by atoms with Gasteiger partial charge in [0.15, 0.2) is 5.16 Å². The van der Waals surface area contributed by atoms with Crippen LogP contribution < -0.4 is 10.9 Å². The SMILES string of the molecule is CCCNC(=O)CN(C)C(=O)CSc1nc2sc(C)c(C)c2c(=O)n1CC. The van der Waals surface area contributed by atoms with Crippen LogP contribution in [0.15, 0.2) is 9.95 Å². The Morgan fingerprint density at radius 3 is 2.63 bits per heavy atom. The molecule has 0 saturated carbocycles. The Hall–Kier alpha value is -1.87. The Morgan fingerprint density at radius 2 is 2.00 bits per heavy atom. The van der Waals surface area contributed by atoms with Gasteiger partial charge in [-0.05, 0) is 32.8 Å². The fourth-order valence-electron chi connectivity index (χ4n) is 2.56. The molecule has 0 radical (unpaired) electrons. The van der Waals surface area contributed by atoms with Gasteiger partial charge < -0.3 is 10.2 Å². The average Bonchev–Trinajstić information content (AvgIpc) is 2.92. The number of thiophene rings is 1. The van der Waals surface area contributed by atoms with Gasteiger partial charge in [0.1, 0.15) is 4.83 Å². The number of aryl methyl sites for hydroxylation is 2. The molecule has 0 unspecified atom stereocenters. The van der Waals surface area contributed by atoms with Gasteiger partial charge in [0, 0.05) is 25.0 Å². The lowest BCUT2D eigenvalue weighted by atomic mass is 10.2. The second-order valence-corrected chi connectivity index (χ2v) is 8.44. The number of likely N-dealkylation sites (N-methyl/N-ethyl adjacent to an activating group) is 1.